The zero-order valence-electron chi connectivity index (χ0n) is 11.2. The summed E-state index contributed by atoms with van der Waals surface area (Å²) in [6.07, 6.45) is 1.42. The van der Waals surface area contributed by atoms with E-state index < -0.39 is 6.04 Å². The molecule has 0 fully saturated rings. The number of nitrogens with zero attached hydrogens (tertiary/aromatic N) is 2. The molecular formula is C15H14N2O3. The maximum Gasteiger partial charge on any atom is 0.290 e. The molecular weight excluding hydrogens is 256 g/mol. The van der Waals surface area contributed by atoms with Crippen LogP contribution in [-0.4, -0.2) is 25.0 Å². The molecule has 20 heavy (non-hydrogen) atoms. The lowest BCUT2D eigenvalue weighted by atomic mass is 10.1. The van der Waals surface area contributed by atoms with Crippen molar-refractivity contribution in [1.29, 1.82) is 5.26 Å². The van der Waals surface area contributed by atoms with E-state index in [2.05, 4.69) is 6.07 Å². The highest BCUT2D eigenvalue weighted by Crippen LogP contribution is 2.24. The minimum atomic E-state index is -0.706. The number of rotatable bonds is 4. The van der Waals surface area contributed by atoms with E-state index in [9.17, 15) is 10.1 Å². The molecule has 0 bridgehead atoms. The molecule has 1 amide bonds. The molecule has 0 saturated heterocycles. The third-order valence-corrected chi connectivity index (χ3v) is 2.97. The summed E-state index contributed by atoms with van der Waals surface area (Å²) in [6.45, 7) is 0. The van der Waals surface area contributed by atoms with Crippen molar-refractivity contribution in [1.82, 2.24) is 4.90 Å². The Kier molecular flexibility index (Phi) is 4.06. The largest absolute Gasteiger partial charge is 0.497 e. The lowest BCUT2D eigenvalue weighted by Crippen LogP contribution is -2.30. The third kappa shape index (κ3) is 2.64. The zero-order chi connectivity index (χ0) is 14.5. The highest BCUT2D eigenvalue weighted by atomic mass is 16.5. The van der Waals surface area contributed by atoms with Crippen LogP contribution in [0.1, 0.15) is 22.2 Å². The Morgan fingerprint density at radius 1 is 1.40 bits per heavy atom. The van der Waals surface area contributed by atoms with Gasteiger partial charge in [0.1, 0.15) is 11.8 Å². The minimum Gasteiger partial charge on any atom is -0.497 e. The molecule has 0 N–H and O–H groups in total. The van der Waals surface area contributed by atoms with E-state index in [0.29, 0.717) is 11.3 Å². The maximum atomic E-state index is 12.2. The number of nitriles is 1. The van der Waals surface area contributed by atoms with Crippen LogP contribution in [0, 0.1) is 11.3 Å². The van der Waals surface area contributed by atoms with E-state index in [1.54, 1.807) is 50.6 Å². The number of furan rings is 1. The molecule has 1 aromatic heterocycles. The Morgan fingerprint density at radius 2 is 2.20 bits per heavy atom. The lowest BCUT2D eigenvalue weighted by molar-refractivity contribution is 0.0731. The number of ether oxygens (including phenoxy) is 1. The summed E-state index contributed by atoms with van der Waals surface area (Å²) in [5.41, 5.74) is 0.689. The van der Waals surface area contributed by atoms with Gasteiger partial charge in [0.15, 0.2) is 5.76 Å². The molecule has 1 unspecified atom stereocenters. The average molecular weight is 270 g/mol. The second kappa shape index (κ2) is 5.93. The van der Waals surface area contributed by atoms with E-state index in [4.69, 9.17) is 9.15 Å². The lowest BCUT2D eigenvalue weighted by Gasteiger charge is -2.22. The molecule has 0 aliphatic carbocycles. The van der Waals surface area contributed by atoms with Crippen molar-refractivity contribution in [2.75, 3.05) is 14.2 Å². The van der Waals surface area contributed by atoms with Gasteiger partial charge in [-0.05, 0) is 29.8 Å². The normalized spacial score (nSPS) is 11.4. The van der Waals surface area contributed by atoms with Gasteiger partial charge in [-0.2, -0.15) is 5.26 Å². The first-order valence-electron chi connectivity index (χ1n) is 6.01. The van der Waals surface area contributed by atoms with Crippen LogP contribution in [0.3, 0.4) is 0 Å². The Balaban J connectivity index is 2.28. The summed E-state index contributed by atoms with van der Waals surface area (Å²) in [6, 6.07) is 11.7. The molecule has 2 rings (SSSR count). The van der Waals surface area contributed by atoms with Gasteiger partial charge in [0, 0.05) is 7.05 Å². The van der Waals surface area contributed by atoms with Crippen molar-refractivity contribution in [2.45, 2.75) is 6.04 Å². The maximum absolute atomic E-state index is 12.2. The van der Waals surface area contributed by atoms with E-state index in [1.807, 2.05) is 0 Å². The molecule has 5 nitrogen and oxygen atoms in total. The molecule has 1 atom stereocenters. The standard InChI is InChI=1S/C15H14N2O3/c1-17(15(18)14-7-4-8-20-14)13(10-16)11-5-3-6-12(9-11)19-2/h3-9,13H,1-2H3. The Morgan fingerprint density at radius 3 is 2.80 bits per heavy atom. The van der Waals surface area contributed by atoms with Gasteiger partial charge in [-0.25, -0.2) is 0 Å². The molecule has 0 aliphatic heterocycles. The number of hydrogen-bond acceptors (Lipinski definition) is 4. The van der Waals surface area contributed by atoms with Gasteiger partial charge in [0.25, 0.3) is 5.91 Å². The van der Waals surface area contributed by atoms with Gasteiger partial charge >= 0.3 is 0 Å². The fourth-order valence-corrected chi connectivity index (χ4v) is 1.89. The molecule has 0 radical (unpaired) electrons. The van der Waals surface area contributed by atoms with Crippen molar-refractivity contribution >= 4 is 5.91 Å². The summed E-state index contributed by atoms with van der Waals surface area (Å²) in [5.74, 6) is 0.501. The number of amides is 1. The predicted octanol–water partition coefficient (Wildman–Crippen LogP) is 2.63. The molecule has 1 aromatic carbocycles. The number of methoxy groups -OCH3 is 1. The van der Waals surface area contributed by atoms with Crippen molar-refractivity contribution in [2.24, 2.45) is 0 Å². The van der Waals surface area contributed by atoms with E-state index in [1.165, 1.54) is 11.2 Å². The van der Waals surface area contributed by atoms with Crippen molar-refractivity contribution in [3.63, 3.8) is 0 Å². The van der Waals surface area contributed by atoms with Gasteiger partial charge in [-0.3, -0.25) is 4.79 Å². The van der Waals surface area contributed by atoms with E-state index in [0.717, 1.165) is 0 Å². The summed E-state index contributed by atoms with van der Waals surface area (Å²) in [5, 5.41) is 9.34. The number of hydrogen-bond donors (Lipinski definition) is 0. The molecule has 0 aliphatic rings. The second-order valence-corrected chi connectivity index (χ2v) is 4.20. The van der Waals surface area contributed by atoms with Crippen LogP contribution >= 0.6 is 0 Å². The van der Waals surface area contributed by atoms with Crippen LogP contribution in [-0.2, 0) is 0 Å². The number of carbonyl (C=O) groups is 1. The Hall–Kier alpha value is -2.74. The monoisotopic (exact) mass is 270 g/mol. The number of carbonyl (C=O) groups excluding carboxylic acids is 1. The van der Waals surface area contributed by atoms with Gasteiger partial charge in [0.2, 0.25) is 0 Å². The quantitative estimate of drug-likeness (QED) is 0.856. The topological polar surface area (TPSA) is 66.5 Å². The van der Waals surface area contributed by atoms with Crippen molar-refractivity contribution in [3.8, 4) is 11.8 Å². The first-order valence-corrected chi connectivity index (χ1v) is 6.01. The van der Waals surface area contributed by atoms with Gasteiger partial charge in [0.05, 0.1) is 19.4 Å². The molecule has 0 spiro atoms. The number of benzene rings is 1. The minimum absolute atomic E-state index is 0.204. The molecule has 102 valence electrons. The fourth-order valence-electron chi connectivity index (χ4n) is 1.89. The van der Waals surface area contributed by atoms with Crippen LogP contribution in [0.5, 0.6) is 5.75 Å². The average Bonchev–Trinajstić information content (AvgIpc) is 3.01. The van der Waals surface area contributed by atoms with Gasteiger partial charge < -0.3 is 14.1 Å². The van der Waals surface area contributed by atoms with E-state index >= 15 is 0 Å². The van der Waals surface area contributed by atoms with Gasteiger partial charge in [-0.1, -0.05) is 12.1 Å². The van der Waals surface area contributed by atoms with Crippen LogP contribution in [0.2, 0.25) is 0 Å². The highest BCUT2D eigenvalue weighted by Gasteiger charge is 2.24. The first-order chi connectivity index (χ1) is 9.67. The SMILES string of the molecule is COc1cccc(C(C#N)N(C)C(=O)c2ccco2)c1. The zero-order valence-corrected chi connectivity index (χ0v) is 11.2. The van der Waals surface area contributed by atoms with Crippen molar-refractivity contribution in [3.05, 3.63) is 54.0 Å². The highest BCUT2D eigenvalue weighted by molar-refractivity contribution is 5.91. The molecule has 2 aromatic rings. The Labute approximate surface area is 117 Å². The van der Waals surface area contributed by atoms with Crippen LogP contribution in [0.4, 0.5) is 0 Å². The van der Waals surface area contributed by atoms with E-state index in [-0.39, 0.29) is 11.7 Å². The van der Waals surface area contributed by atoms with Crippen LogP contribution in [0.15, 0.2) is 47.1 Å². The van der Waals surface area contributed by atoms with Crippen LogP contribution < -0.4 is 4.74 Å². The molecule has 0 saturated carbocycles. The second-order valence-electron chi connectivity index (χ2n) is 4.20. The van der Waals surface area contributed by atoms with Crippen LogP contribution in [0.25, 0.3) is 0 Å². The summed E-state index contributed by atoms with van der Waals surface area (Å²) < 4.78 is 10.2. The Bertz CT molecular complexity index is 629. The first kappa shape index (κ1) is 13.7. The summed E-state index contributed by atoms with van der Waals surface area (Å²) >= 11 is 0. The fraction of sp³-hybridized carbons (Fsp3) is 0.200. The summed E-state index contributed by atoms with van der Waals surface area (Å²) in [4.78, 5) is 13.5. The van der Waals surface area contributed by atoms with Gasteiger partial charge in [-0.15, -0.1) is 0 Å². The predicted molar refractivity (Wildman–Crippen MR) is 72.1 cm³/mol. The molecule has 1 heterocycles. The van der Waals surface area contributed by atoms with Crippen molar-refractivity contribution < 1.29 is 13.9 Å². The smallest absolute Gasteiger partial charge is 0.290 e. The summed E-state index contributed by atoms with van der Waals surface area (Å²) in [7, 11) is 3.12. The third-order valence-electron chi connectivity index (χ3n) is 2.97. The molecule has 5 heteroatoms.